The highest BCUT2D eigenvalue weighted by Gasteiger charge is 2.24. The minimum absolute atomic E-state index is 0.0842. The summed E-state index contributed by atoms with van der Waals surface area (Å²) in [6.07, 6.45) is 0.990. The molecule has 0 saturated heterocycles. The van der Waals surface area contributed by atoms with Gasteiger partial charge in [0.15, 0.2) is 10.8 Å². The van der Waals surface area contributed by atoms with Crippen LogP contribution in [0.25, 0.3) is 15.7 Å². The molecule has 3 rings (SSSR count). The molecule has 0 amide bonds. The zero-order valence-corrected chi connectivity index (χ0v) is 13.8. The van der Waals surface area contributed by atoms with Gasteiger partial charge in [-0.05, 0) is 18.4 Å². The Morgan fingerprint density at radius 1 is 1.29 bits per heavy atom. The van der Waals surface area contributed by atoms with Gasteiger partial charge in [-0.2, -0.15) is 14.7 Å². The lowest BCUT2D eigenvalue weighted by Gasteiger charge is -2.13. The van der Waals surface area contributed by atoms with Crippen molar-refractivity contribution in [2.24, 2.45) is 5.92 Å². The van der Waals surface area contributed by atoms with Gasteiger partial charge >= 0.3 is 0 Å². The van der Waals surface area contributed by atoms with Gasteiger partial charge in [-0.15, -0.1) is 10.2 Å². The standard InChI is InChI=1S/C14H20N6S/c1-8(2)6-9-7-10(16-15-9)11-19-20-12(14(3,4)5)17-18-13(20)21-11/h7-8H,6H2,1-5H3,(H,15,16). The zero-order valence-electron chi connectivity index (χ0n) is 13.0. The first kappa shape index (κ1) is 14.2. The van der Waals surface area contributed by atoms with Gasteiger partial charge in [0.2, 0.25) is 4.96 Å². The van der Waals surface area contributed by atoms with Crippen molar-refractivity contribution in [2.45, 2.75) is 46.5 Å². The van der Waals surface area contributed by atoms with Gasteiger partial charge in [-0.25, -0.2) is 0 Å². The Hall–Kier alpha value is -1.76. The van der Waals surface area contributed by atoms with Crippen molar-refractivity contribution in [1.29, 1.82) is 0 Å². The third kappa shape index (κ3) is 2.70. The number of rotatable bonds is 3. The molecule has 0 aromatic carbocycles. The summed E-state index contributed by atoms with van der Waals surface area (Å²) in [5.41, 5.74) is 1.93. The molecular formula is C14H20N6S. The molecule has 0 aliphatic heterocycles. The lowest BCUT2D eigenvalue weighted by molar-refractivity contribution is 0.528. The van der Waals surface area contributed by atoms with E-state index in [9.17, 15) is 0 Å². The second-order valence-electron chi connectivity index (χ2n) is 6.75. The quantitative estimate of drug-likeness (QED) is 0.807. The predicted octanol–water partition coefficient (Wildman–Crippen LogP) is 3.07. The highest BCUT2D eigenvalue weighted by atomic mass is 32.1. The Labute approximate surface area is 127 Å². The SMILES string of the molecule is CC(C)Cc1cc(-c2nn3c(C(C)(C)C)nnc3s2)n[nH]1. The number of hydrogen-bond acceptors (Lipinski definition) is 5. The fraction of sp³-hybridized carbons (Fsp3) is 0.571. The van der Waals surface area contributed by atoms with E-state index in [1.807, 2.05) is 4.52 Å². The maximum absolute atomic E-state index is 4.63. The smallest absolute Gasteiger partial charge is 0.235 e. The van der Waals surface area contributed by atoms with Crippen LogP contribution in [0, 0.1) is 5.92 Å². The van der Waals surface area contributed by atoms with Gasteiger partial charge in [-0.1, -0.05) is 46.0 Å². The summed E-state index contributed by atoms with van der Waals surface area (Å²) in [4.78, 5) is 0.809. The lowest BCUT2D eigenvalue weighted by atomic mass is 9.96. The Morgan fingerprint density at radius 3 is 2.71 bits per heavy atom. The van der Waals surface area contributed by atoms with Gasteiger partial charge < -0.3 is 0 Å². The lowest BCUT2D eigenvalue weighted by Crippen LogP contribution is -2.16. The van der Waals surface area contributed by atoms with Crippen molar-refractivity contribution in [2.75, 3.05) is 0 Å². The van der Waals surface area contributed by atoms with Gasteiger partial charge in [-0.3, -0.25) is 5.10 Å². The number of fused-ring (bicyclic) bond motifs is 1. The van der Waals surface area contributed by atoms with Crippen molar-refractivity contribution in [3.63, 3.8) is 0 Å². The molecule has 0 radical (unpaired) electrons. The molecule has 0 bridgehead atoms. The molecule has 0 fully saturated rings. The minimum atomic E-state index is -0.0842. The van der Waals surface area contributed by atoms with Crippen LogP contribution in [-0.2, 0) is 11.8 Å². The summed E-state index contributed by atoms with van der Waals surface area (Å²) in [7, 11) is 0. The second kappa shape index (κ2) is 4.91. The minimum Gasteiger partial charge on any atom is -0.282 e. The molecule has 0 unspecified atom stereocenters. The highest BCUT2D eigenvalue weighted by molar-refractivity contribution is 7.19. The summed E-state index contributed by atoms with van der Waals surface area (Å²) in [6.45, 7) is 10.7. The number of aromatic amines is 1. The van der Waals surface area contributed by atoms with Crippen LogP contribution in [0.4, 0.5) is 0 Å². The normalized spacial score (nSPS) is 12.7. The Kier molecular flexibility index (Phi) is 3.32. The van der Waals surface area contributed by atoms with E-state index in [-0.39, 0.29) is 5.41 Å². The fourth-order valence-electron chi connectivity index (χ4n) is 2.20. The molecule has 3 aromatic heterocycles. The summed E-state index contributed by atoms with van der Waals surface area (Å²) in [5.74, 6) is 1.47. The van der Waals surface area contributed by atoms with Crippen molar-refractivity contribution in [3.05, 3.63) is 17.6 Å². The van der Waals surface area contributed by atoms with Gasteiger partial charge in [0, 0.05) is 11.1 Å². The highest BCUT2D eigenvalue weighted by Crippen LogP contribution is 2.28. The molecule has 7 heteroatoms. The molecule has 3 heterocycles. The molecule has 6 nitrogen and oxygen atoms in total. The average Bonchev–Trinajstić information content (AvgIpc) is 2.97. The maximum Gasteiger partial charge on any atom is 0.235 e. The molecule has 0 aliphatic carbocycles. The van der Waals surface area contributed by atoms with Crippen LogP contribution >= 0.6 is 11.3 Å². The molecule has 0 spiro atoms. The van der Waals surface area contributed by atoms with Crippen LogP contribution < -0.4 is 0 Å². The topological polar surface area (TPSA) is 71.8 Å². The Balaban J connectivity index is 1.98. The van der Waals surface area contributed by atoms with Crippen LogP contribution in [0.15, 0.2) is 6.07 Å². The maximum atomic E-state index is 4.63. The first-order chi connectivity index (χ1) is 9.84. The van der Waals surface area contributed by atoms with E-state index >= 15 is 0 Å². The molecule has 1 N–H and O–H groups in total. The molecule has 21 heavy (non-hydrogen) atoms. The van der Waals surface area contributed by atoms with Crippen molar-refractivity contribution >= 4 is 16.3 Å². The monoisotopic (exact) mass is 304 g/mol. The van der Waals surface area contributed by atoms with Crippen molar-refractivity contribution < 1.29 is 0 Å². The first-order valence-electron chi connectivity index (χ1n) is 7.12. The van der Waals surface area contributed by atoms with Crippen molar-refractivity contribution in [1.82, 2.24) is 30.0 Å². The van der Waals surface area contributed by atoms with Gasteiger partial charge in [0.05, 0.1) is 0 Å². The third-order valence-corrected chi connectivity index (χ3v) is 4.06. The fourth-order valence-corrected chi connectivity index (χ4v) is 3.00. The molecule has 0 atom stereocenters. The van der Waals surface area contributed by atoms with E-state index in [1.165, 1.54) is 11.3 Å². The number of nitrogens with zero attached hydrogens (tertiary/aromatic N) is 5. The molecule has 0 aliphatic rings. The number of hydrogen-bond donors (Lipinski definition) is 1. The summed E-state index contributed by atoms with van der Waals surface area (Å²) >= 11 is 1.52. The van der Waals surface area contributed by atoms with Crippen molar-refractivity contribution in [3.8, 4) is 10.7 Å². The Bertz CT molecular complexity index is 758. The third-order valence-electron chi connectivity index (χ3n) is 3.14. The van der Waals surface area contributed by atoms with E-state index in [4.69, 9.17) is 0 Å². The average molecular weight is 304 g/mol. The number of aromatic nitrogens is 6. The molecular weight excluding hydrogens is 284 g/mol. The molecule has 112 valence electrons. The van der Waals surface area contributed by atoms with E-state index in [0.717, 1.165) is 33.6 Å². The van der Waals surface area contributed by atoms with Gasteiger partial charge in [0.1, 0.15) is 5.69 Å². The molecule has 0 saturated carbocycles. The summed E-state index contributed by atoms with van der Waals surface area (Å²) < 4.78 is 1.83. The van der Waals surface area contributed by atoms with E-state index in [2.05, 4.69) is 66.2 Å². The largest absolute Gasteiger partial charge is 0.282 e. The van der Waals surface area contributed by atoms with E-state index < -0.39 is 0 Å². The number of nitrogens with one attached hydrogen (secondary N) is 1. The number of H-pyrrole nitrogens is 1. The zero-order chi connectivity index (χ0) is 15.2. The van der Waals surface area contributed by atoms with Gasteiger partial charge in [0.25, 0.3) is 0 Å². The first-order valence-corrected chi connectivity index (χ1v) is 7.93. The summed E-state index contributed by atoms with van der Waals surface area (Å²) in [6, 6.07) is 2.07. The predicted molar refractivity (Wildman–Crippen MR) is 83.5 cm³/mol. The van der Waals surface area contributed by atoms with Crippen LogP contribution in [0.5, 0.6) is 0 Å². The summed E-state index contributed by atoms with van der Waals surface area (Å²) in [5, 5.41) is 21.4. The van der Waals surface area contributed by atoms with E-state index in [1.54, 1.807) is 0 Å². The van der Waals surface area contributed by atoms with Crippen LogP contribution in [-0.4, -0.2) is 30.0 Å². The van der Waals surface area contributed by atoms with Crippen LogP contribution in [0.3, 0.4) is 0 Å². The van der Waals surface area contributed by atoms with Crippen LogP contribution in [0.1, 0.15) is 46.1 Å². The Morgan fingerprint density at radius 2 is 2.05 bits per heavy atom. The van der Waals surface area contributed by atoms with E-state index in [0.29, 0.717) is 5.92 Å². The van der Waals surface area contributed by atoms with Crippen LogP contribution in [0.2, 0.25) is 0 Å². The second-order valence-corrected chi connectivity index (χ2v) is 7.71. The molecule has 3 aromatic rings.